The lowest BCUT2D eigenvalue weighted by molar-refractivity contribution is -0.159. The van der Waals surface area contributed by atoms with Crippen LogP contribution in [0.15, 0.2) is 65.8 Å². The molecule has 2 atom stereocenters. The Morgan fingerprint density at radius 3 is 2.70 bits per heavy atom. The van der Waals surface area contributed by atoms with Gasteiger partial charge in [0, 0.05) is 48.2 Å². The molecule has 0 radical (unpaired) electrons. The standard InChI is InChI=1S/C39H45F2N5O3S/c1-38(2)14-6-15-39(3,26-8-5-7-24(20-26)19-25-12-17-46(48)36(25)47)37(42)45-35(43-4)30-21-27(9-10-31(30)40)49-34-29(13-18-50-23-38)28-11-16-44-33(28)22-32(34)41/h5,7-11,16,20-22,25,44,48H,6,12-15,17-19,23H2,1-4H3,(H2,42,43,45). The van der Waals surface area contributed by atoms with Crippen molar-refractivity contribution in [3.63, 3.8) is 0 Å². The van der Waals surface area contributed by atoms with E-state index in [2.05, 4.69) is 24.1 Å². The Kier molecular flexibility index (Phi) is 10.4. The summed E-state index contributed by atoms with van der Waals surface area (Å²) in [4.78, 5) is 20.3. The second-order valence-corrected chi connectivity index (χ2v) is 15.5. The Bertz CT molecular complexity index is 1940. The fraction of sp³-hybridized carbons (Fsp3) is 0.410. The average molecular weight is 702 g/mol. The number of thioether (sulfide) groups is 1. The Morgan fingerprint density at radius 2 is 1.94 bits per heavy atom. The highest BCUT2D eigenvalue weighted by molar-refractivity contribution is 7.99. The van der Waals surface area contributed by atoms with Crippen LogP contribution in [0.1, 0.15) is 68.7 Å². The number of ether oxygens (including phenoxy) is 1. The zero-order chi connectivity index (χ0) is 35.6. The maximum Gasteiger partial charge on any atom is 0.249 e. The number of carbonyl (C=O) groups is 1. The number of aliphatic imine (C=N–C) groups is 1. The molecule has 1 saturated heterocycles. The molecule has 50 heavy (non-hydrogen) atoms. The van der Waals surface area contributed by atoms with Gasteiger partial charge in [0.15, 0.2) is 11.6 Å². The maximum atomic E-state index is 15.6. The molecule has 264 valence electrons. The molecule has 1 amide bonds. The molecular formula is C39H45F2N5O3S. The van der Waals surface area contributed by atoms with E-state index in [9.17, 15) is 15.4 Å². The van der Waals surface area contributed by atoms with Gasteiger partial charge in [0.05, 0.1) is 11.0 Å². The minimum Gasteiger partial charge on any atom is -0.454 e. The zero-order valence-electron chi connectivity index (χ0n) is 29.0. The van der Waals surface area contributed by atoms with Gasteiger partial charge in [-0.05, 0) is 91.3 Å². The summed E-state index contributed by atoms with van der Waals surface area (Å²) in [7, 11) is 1.63. The monoisotopic (exact) mass is 701 g/mol. The molecule has 2 aliphatic heterocycles. The van der Waals surface area contributed by atoms with E-state index in [1.807, 2.05) is 49.0 Å². The van der Waals surface area contributed by atoms with E-state index in [0.717, 1.165) is 51.5 Å². The van der Waals surface area contributed by atoms with Crippen molar-refractivity contribution in [3.05, 3.63) is 94.7 Å². The van der Waals surface area contributed by atoms with Crippen LogP contribution in [-0.2, 0) is 23.1 Å². The van der Waals surface area contributed by atoms with Crippen LogP contribution in [0.2, 0.25) is 0 Å². The summed E-state index contributed by atoms with van der Waals surface area (Å²) >= 11 is 1.82. The topological polar surface area (TPSA) is 114 Å². The lowest BCUT2D eigenvalue weighted by Gasteiger charge is -2.32. The van der Waals surface area contributed by atoms with Crippen molar-refractivity contribution >= 4 is 40.2 Å². The Hall–Kier alpha value is -4.22. The van der Waals surface area contributed by atoms with Crippen LogP contribution in [-0.4, -0.2) is 57.9 Å². The second kappa shape index (κ2) is 14.6. The van der Waals surface area contributed by atoms with Crippen molar-refractivity contribution in [2.24, 2.45) is 16.3 Å². The molecule has 4 aromatic rings. The number of carbonyl (C=O) groups excluding carboxylic acids is 1. The lowest BCUT2D eigenvalue weighted by Crippen LogP contribution is -2.34. The van der Waals surface area contributed by atoms with Gasteiger partial charge in [0.1, 0.15) is 23.2 Å². The molecule has 6 rings (SSSR count). The molecule has 0 saturated carbocycles. The summed E-state index contributed by atoms with van der Waals surface area (Å²) in [6, 6.07) is 15.5. The summed E-state index contributed by atoms with van der Waals surface area (Å²) in [5.74, 6) is 0.606. The van der Waals surface area contributed by atoms with Gasteiger partial charge in [0.25, 0.3) is 0 Å². The number of aromatic nitrogens is 1. The first-order chi connectivity index (χ1) is 23.9. The minimum atomic E-state index is -0.843. The quantitative estimate of drug-likeness (QED) is 0.160. The molecule has 2 unspecified atom stereocenters. The summed E-state index contributed by atoms with van der Waals surface area (Å²) in [5.41, 5.74) is 2.52. The zero-order valence-corrected chi connectivity index (χ0v) is 29.9. The SMILES string of the molecule is CN/C1=N\C(=N)C(C)(c2cccc(CC3CCN(O)C3=O)c2)CCCC(C)(C)CSCCc2c(c(F)cc3[nH]ccc23)Oc2ccc(F)c1c2. The molecule has 2 aliphatic rings. The lowest BCUT2D eigenvalue weighted by atomic mass is 9.74. The number of fused-ring (bicyclic) bond motifs is 5. The van der Waals surface area contributed by atoms with Gasteiger partial charge < -0.3 is 15.0 Å². The van der Waals surface area contributed by atoms with Crippen LogP contribution in [0.25, 0.3) is 10.9 Å². The number of amides is 1. The smallest absolute Gasteiger partial charge is 0.249 e. The number of aromatic amines is 1. The van der Waals surface area contributed by atoms with E-state index >= 15 is 8.78 Å². The third kappa shape index (κ3) is 7.44. The average Bonchev–Trinajstić information content (AvgIpc) is 3.68. The fourth-order valence-corrected chi connectivity index (χ4v) is 8.28. The summed E-state index contributed by atoms with van der Waals surface area (Å²) < 4.78 is 37.4. The number of H-pyrrole nitrogens is 1. The molecule has 3 aromatic carbocycles. The first kappa shape index (κ1) is 35.6. The van der Waals surface area contributed by atoms with Gasteiger partial charge in [-0.1, -0.05) is 44.5 Å². The molecule has 4 N–H and O–H groups in total. The van der Waals surface area contributed by atoms with Crippen molar-refractivity contribution in [1.82, 2.24) is 15.4 Å². The van der Waals surface area contributed by atoms with Crippen molar-refractivity contribution < 1.29 is 23.5 Å². The van der Waals surface area contributed by atoms with E-state index in [1.165, 1.54) is 24.3 Å². The number of nitrogens with zero attached hydrogens (tertiary/aromatic N) is 2. The van der Waals surface area contributed by atoms with Crippen LogP contribution in [0.5, 0.6) is 11.5 Å². The molecule has 11 heteroatoms. The van der Waals surface area contributed by atoms with Crippen LogP contribution in [0.4, 0.5) is 8.78 Å². The summed E-state index contributed by atoms with van der Waals surface area (Å²) in [5, 5.41) is 24.0. The van der Waals surface area contributed by atoms with Gasteiger partial charge >= 0.3 is 0 Å². The third-order valence-corrected chi connectivity index (χ3v) is 11.6. The van der Waals surface area contributed by atoms with Crippen molar-refractivity contribution in [3.8, 4) is 11.5 Å². The molecule has 3 heterocycles. The van der Waals surface area contributed by atoms with E-state index in [1.54, 1.807) is 13.2 Å². The number of halogens is 2. The first-order valence-corrected chi connectivity index (χ1v) is 18.3. The second-order valence-electron chi connectivity index (χ2n) is 14.4. The highest BCUT2D eigenvalue weighted by Gasteiger charge is 2.35. The number of nitrogens with one attached hydrogen (secondary N) is 3. The van der Waals surface area contributed by atoms with Crippen molar-refractivity contribution in [1.29, 1.82) is 5.41 Å². The largest absolute Gasteiger partial charge is 0.454 e. The van der Waals surface area contributed by atoms with Crippen LogP contribution in [0.3, 0.4) is 0 Å². The molecular weight excluding hydrogens is 657 g/mol. The predicted molar refractivity (Wildman–Crippen MR) is 196 cm³/mol. The van der Waals surface area contributed by atoms with Crippen molar-refractivity contribution in [2.45, 2.75) is 64.7 Å². The Morgan fingerprint density at radius 1 is 1.12 bits per heavy atom. The van der Waals surface area contributed by atoms with E-state index in [0.29, 0.717) is 37.7 Å². The molecule has 0 aliphatic carbocycles. The maximum absolute atomic E-state index is 15.6. The third-order valence-electron chi connectivity index (χ3n) is 10.1. The van der Waals surface area contributed by atoms with E-state index < -0.39 is 17.0 Å². The highest BCUT2D eigenvalue weighted by atomic mass is 32.2. The Balaban J connectivity index is 1.41. The van der Waals surface area contributed by atoms with Crippen molar-refractivity contribution in [2.75, 3.05) is 25.1 Å². The van der Waals surface area contributed by atoms with Crippen LogP contribution < -0.4 is 10.1 Å². The first-order valence-electron chi connectivity index (χ1n) is 17.2. The number of rotatable bonds is 3. The van der Waals surface area contributed by atoms with Gasteiger partial charge in [-0.3, -0.25) is 15.4 Å². The molecule has 2 bridgehead atoms. The normalized spacial score (nSPS) is 23.1. The number of benzene rings is 3. The minimum absolute atomic E-state index is 0.00922. The van der Waals surface area contributed by atoms with Gasteiger partial charge in [-0.2, -0.15) is 11.8 Å². The summed E-state index contributed by atoms with van der Waals surface area (Å²) in [6.07, 6.45) is 5.79. The van der Waals surface area contributed by atoms with Crippen LogP contribution >= 0.6 is 11.8 Å². The highest BCUT2D eigenvalue weighted by Crippen LogP contribution is 2.39. The van der Waals surface area contributed by atoms with Crippen LogP contribution in [0, 0.1) is 28.4 Å². The number of hydroxylamine groups is 2. The molecule has 8 nitrogen and oxygen atoms in total. The van der Waals surface area contributed by atoms with Gasteiger partial charge in [0.2, 0.25) is 5.91 Å². The molecule has 1 aromatic heterocycles. The predicted octanol–water partition coefficient (Wildman–Crippen LogP) is 8.41. The molecule has 0 spiro atoms. The van der Waals surface area contributed by atoms with Gasteiger partial charge in [-0.15, -0.1) is 0 Å². The van der Waals surface area contributed by atoms with E-state index in [4.69, 9.17) is 9.73 Å². The number of aryl methyl sites for hydroxylation is 1. The van der Waals surface area contributed by atoms with Gasteiger partial charge in [-0.25, -0.2) is 18.8 Å². The summed E-state index contributed by atoms with van der Waals surface area (Å²) in [6.45, 7) is 6.82. The Labute approximate surface area is 296 Å². The van der Waals surface area contributed by atoms with E-state index in [-0.39, 0.29) is 46.0 Å². The fourth-order valence-electron chi connectivity index (χ4n) is 7.09. The molecule has 1 fully saturated rings. The number of hydrogen-bond donors (Lipinski definition) is 4. The number of amidine groups is 2. The number of hydrogen-bond acceptors (Lipinski definition) is 6.